The number of carbonyl (C=O) groups is 1. The summed E-state index contributed by atoms with van der Waals surface area (Å²) in [5.74, 6) is 1.90. The number of aromatic nitrogens is 3. The maximum absolute atomic E-state index is 12.7. The normalized spacial score (nSPS) is 20.2. The van der Waals surface area contributed by atoms with Crippen LogP contribution >= 0.6 is 0 Å². The Morgan fingerprint density at radius 1 is 1.09 bits per heavy atom. The van der Waals surface area contributed by atoms with Crippen LogP contribution in [-0.4, -0.2) is 65.0 Å². The lowest BCUT2D eigenvalue weighted by Gasteiger charge is -2.36. The third-order valence-corrected chi connectivity index (χ3v) is 6.28. The van der Waals surface area contributed by atoms with Gasteiger partial charge in [-0.2, -0.15) is 5.10 Å². The summed E-state index contributed by atoms with van der Waals surface area (Å²) in [6.45, 7) is 4.82. The summed E-state index contributed by atoms with van der Waals surface area (Å²) in [6.07, 6.45) is 2.71. The van der Waals surface area contributed by atoms with E-state index in [4.69, 9.17) is 4.74 Å². The van der Waals surface area contributed by atoms with Crippen molar-refractivity contribution in [2.75, 3.05) is 38.2 Å². The van der Waals surface area contributed by atoms with Crippen LogP contribution in [0.25, 0.3) is 5.69 Å². The molecule has 2 aromatic carbocycles. The summed E-state index contributed by atoms with van der Waals surface area (Å²) in [5, 5.41) is 7.58. The topological polar surface area (TPSA) is 75.5 Å². The maximum atomic E-state index is 12.7. The van der Waals surface area contributed by atoms with Gasteiger partial charge in [0.05, 0.1) is 7.11 Å². The van der Waals surface area contributed by atoms with Crippen LogP contribution in [0.1, 0.15) is 23.7 Å². The second-order valence-electron chi connectivity index (χ2n) is 8.38. The molecule has 0 bridgehead atoms. The van der Waals surface area contributed by atoms with Gasteiger partial charge in [-0.1, -0.05) is 30.3 Å². The van der Waals surface area contributed by atoms with E-state index in [0.29, 0.717) is 24.8 Å². The highest BCUT2D eigenvalue weighted by Gasteiger charge is 2.40. The van der Waals surface area contributed by atoms with Crippen LogP contribution in [0.5, 0.6) is 5.75 Å². The lowest BCUT2D eigenvalue weighted by atomic mass is 10.1. The number of anilines is 1. The fourth-order valence-electron chi connectivity index (χ4n) is 4.35. The molecule has 1 saturated heterocycles. The molecule has 166 valence electrons. The first kappa shape index (κ1) is 20.4. The van der Waals surface area contributed by atoms with Crippen LogP contribution < -0.4 is 15.0 Å². The fourth-order valence-corrected chi connectivity index (χ4v) is 4.35. The van der Waals surface area contributed by atoms with Crippen LogP contribution in [0.4, 0.5) is 10.5 Å². The van der Waals surface area contributed by atoms with Gasteiger partial charge in [-0.05, 0) is 31.0 Å². The number of piperazine rings is 1. The van der Waals surface area contributed by atoms with Gasteiger partial charge >= 0.3 is 6.03 Å². The molecule has 1 saturated carbocycles. The van der Waals surface area contributed by atoms with Crippen LogP contribution in [0.15, 0.2) is 54.9 Å². The summed E-state index contributed by atoms with van der Waals surface area (Å²) < 4.78 is 7.33. The van der Waals surface area contributed by atoms with Crippen molar-refractivity contribution >= 4 is 11.7 Å². The molecule has 1 aliphatic heterocycles. The Morgan fingerprint density at radius 3 is 2.56 bits per heavy atom. The molecule has 3 aromatic rings. The molecule has 1 aliphatic carbocycles. The van der Waals surface area contributed by atoms with E-state index in [1.807, 2.05) is 30.0 Å². The molecule has 2 aliphatic rings. The number of urea groups is 1. The molecular weight excluding hydrogens is 404 g/mol. The Kier molecular flexibility index (Phi) is 5.43. The number of hydrogen-bond acceptors (Lipinski definition) is 5. The van der Waals surface area contributed by atoms with Gasteiger partial charge in [-0.15, -0.1) is 0 Å². The monoisotopic (exact) mass is 432 g/mol. The van der Waals surface area contributed by atoms with Gasteiger partial charge in [0, 0.05) is 49.9 Å². The predicted molar refractivity (Wildman–Crippen MR) is 123 cm³/mol. The smallest absolute Gasteiger partial charge is 0.317 e. The summed E-state index contributed by atoms with van der Waals surface area (Å²) in [5.41, 5.74) is 3.24. The SMILES string of the molecule is COc1cc(N2CCN(C(=O)N[C@H]3C[C@@H]3c3ccccc3)CC2)ccc1-n1cnc(C)n1. The zero-order chi connectivity index (χ0) is 22.1. The molecule has 0 spiro atoms. The molecule has 2 fully saturated rings. The Hall–Kier alpha value is -3.55. The van der Waals surface area contributed by atoms with Crippen LogP contribution in [0.2, 0.25) is 0 Å². The van der Waals surface area contributed by atoms with Crippen molar-refractivity contribution in [3.8, 4) is 11.4 Å². The van der Waals surface area contributed by atoms with Crippen LogP contribution in [-0.2, 0) is 0 Å². The van der Waals surface area contributed by atoms with Crippen LogP contribution in [0.3, 0.4) is 0 Å². The van der Waals surface area contributed by atoms with Gasteiger partial charge in [0.25, 0.3) is 0 Å². The van der Waals surface area contributed by atoms with Gasteiger partial charge in [-0.3, -0.25) is 0 Å². The van der Waals surface area contributed by atoms with Crippen molar-refractivity contribution in [1.82, 2.24) is 25.0 Å². The fraction of sp³-hybridized carbons (Fsp3) is 0.375. The zero-order valence-corrected chi connectivity index (χ0v) is 18.4. The number of carbonyl (C=O) groups excluding carboxylic acids is 1. The Bertz CT molecular complexity index is 1090. The highest BCUT2D eigenvalue weighted by atomic mass is 16.5. The molecule has 0 unspecified atom stereocenters. The number of nitrogens with zero attached hydrogens (tertiary/aromatic N) is 5. The second-order valence-corrected chi connectivity index (χ2v) is 8.38. The van der Waals surface area contributed by atoms with E-state index in [1.165, 1.54) is 5.56 Å². The minimum absolute atomic E-state index is 0.0440. The number of hydrogen-bond donors (Lipinski definition) is 1. The van der Waals surface area contributed by atoms with Crippen molar-refractivity contribution in [3.05, 3.63) is 66.2 Å². The van der Waals surface area contributed by atoms with E-state index < -0.39 is 0 Å². The van der Waals surface area contributed by atoms with E-state index >= 15 is 0 Å². The number of rotatable bonds is 5. The number of methoxy groups -OCH3 is 1. The number of nitrogens with one attached hydrogen (secondary N) is 1. The first-order valence-corrected chi connectivity index (χ1v) is 11.0. The van der Waals surface area contributed by atoms with Crippen LogP contribution in [0, 0.1) is 6.92 Å². The number of aryl methyl sites for hydroxylation is 1. The average Bonchev–Trinajstić information content (AvgIpc) is 3.47. The molecule has 32 heavy (non-hydrogen) atoms. The van der Waals surface area contributed by atoms with Crippen molar-refractivity contribution in [1.29, 1.82) is 0 Å². The van der Waals surface area contributed by atoms with Gasteiger partial charge in [0.15, 0.2) is 0 Å². The highest BCUT2D eigenvalue weighted by Crippen LogP contribution is 2.40. The third kappa shape index (κ3) is 4.12. The number of ether oxygens (including phenoxy) is 1. The maximum Gasteiger partial charge on any atom is 0.317 e. The van der Waals surface area contributed by atoms with E-state index in [9.17, 15) is 4.79 Å². The Labute approximate surface area is 187 Å². The molecule has 8 heteroatoms. The molecular formula is C24H28N6O2. The van der Waals surface area contributed by atoms with Crippen molar-refractivity contribution < 1.29 is 9.53 Å². The molecule has 2 atom stereocenters. The van der Waals surface area contributed by atoms with Gasteiger partial charge in [-0.25, -0.2) is 14.5 Å². The first-order valence-electron chi connectivity index (χ1n) is 11.0. The van der Waals surface area contributed by atoms with Gasteiger partial charge < -0.3 is 19.9 Å². The summed E-state index contributed by atoms with van der Waals surface area (Å²) in [6, 6.07) is 16.8. The molecule has 8 nitrogen and oxygen atoms in total. The van der Waals surface area contributed by atoms with Gasteiger partial charge in [0.2, 0.25) is 0 Å². The molecule has 1 aromatic heterocycles. The molecule has 5 rings (SSSR count). The number of benzene rings is 2. The Morgan fingerprint density at radius 2 is 1.88 bits per heavy atom. The number of amides is 2. The van der Waals surface area contributed by atoms with Crippen molar-refractivity contribution in [3.63, 3.8) is 0 Å². The van der Waals surface area contributed by atoms with Crippen molar-refractivity contribution in [2.24, 2.45) is 0 Å². The summed E-state index contributed by atoms with van der Waals surface area (Å²) >= 11 is 0. The highest BCUT2D eigenvalue weighted by molar-refractivity contribution is 5.75. The van der Waals surface area contributed by atoms with E-state index in [-0.39, 0.29) is 12.1 Å². The van der Waals surface area contributed by atoms with E-state index in [1.54, 1.807) is 18.1 Å². The average molecular weight is 433 g/mol. The van der Waals surface area contributed by atoms with Gasteiger partial charge in [0.1, 0.15) is 23.6 Å². The van der Waals surface area contributed by atoms with Crippen molar-refractivity contribution in [2.45, 2.75) is 25.3 Å². The molecule has 2 heterocycles. The Balaban J connectivity index is 1.17. The molecule has 0 radical (unpaired) electrons. The quantitative estimate of drug-likeness (QED) is 0.671. The molecule has 1 N–H and O–H groups in total. The standard InChI is InChI=1S/C24H28N6O2/c1-17-25-16-30(27-17)22-9-8-19(14-23(22)32-2)28-10-12-29(13-11-28)24(31)26-21-15-20(21)18-6-4-3-5-7-18/h3-9,14,16,20-21H,10-13,15H2,1-2H3,(H,26,31)/t20-,21+/m1/s1. The van der Waals surface area contributed by atoms with E-state index in [0.717, 1.165) is 36.6 Å². The lowest BCUT2D eigenvalue weighted by Crippen LogP contribution is -2.52. The minimum Gasteiger partial charge on any atom is -0.494 e. The molecule has 2 amide bonds. The minimum atomic E-state index is 0.0440. The first-order chi connectivity index (χ1) is 15.6. The zero-order valence-electron chi connectivity index (χ0n) is 18.4. The lowest BCUT2D eigenvalue weighted by molar-refractivity contribution is 0.193. The third-order valence-electron chi connectivity index (χ3n) is 6.28. The van der Waals surface area contributed by atoms with E-state index in [2.05, 4.69) is 50.6 Å². The largest absolute Gasteiger partial charge is 0.494 e. The summed E-state index contributed by atoms with van der Waals surface area (Å²) in [7, 11) is 1.66. The second kappa shape index (κ2) is 8.53. The predicted octanol–water partition coefficient (Wildman–Crippen LogP) is 2.97. The summed E-state index contributed by atoms with van der Waals surface area (Å²) in [4.78, 5) is 21.1.